The first-order chi connectivity index (χ1) is 8.54. The van der Waals surface area contributed by atoms with Crippen molar-refractivity contribution in [3.63, 3.8) is 0 Å². The number of nitrogens with two attached hydrogens (primary N) is 1. The van der Waals surface area contributed by atoms with E-state index < -0.39 is 0 Å². The van der Waals surface area contributed by atoms with Crippen LogP contribution < -0.4 is 5.73 Å². The lowest BCUT2D eigenvalue weighted by Gasteiger charge is -2.14. The van der Waals surface area contributed by atoms with E-state index in [0.717, 1.165) is 22.8 Å². The molecule has 0 amide bonds. The van der Waals surface area contributed by atoms with Gasteiger partial charge in [0.05, 0.1) is 5.69 Å². The zero-order valence-corrected chi connectivity index (χ0v) is 11.4. The maximum absolute atomic E-state index is 5.62. The van der Waals surface area contributed by atoms with Crippen molar-refractivity contribution >= 4 is 11.4 Å². The zero-order chi connectivity index (χ0) is 13.5. The third kappa shape index (κ3) is 4.05. The van der Waals surface area contributed by atoms with Crippen molar-refractivity contribution < 1.29 is 0 Å². The van der Waals surface area contributed by atoms with Crippen molar-refractivity contribution in [3.8, 4) is 0 Å². The van der Waals surface area contributed by atoms with E-state index in [1.807, 2.05) is 69.3 Å². The number of hydrogen-bond donors (Lipinski definition) is 1. The van der Waals surface area contributed by atoms with Gasteiger partial charge in [-0.2, -0.15) is 0 Å². The molecule has 0 fully saturated rings. The van der Waals surface area contributed by atoms with Gasteiger partial charge in [-0.25, -0.2) is 0 Å². The second kappa shape index (κ2) is 6.59. The Hall–Kier alpha value is -2.10. The van der Waals surface area contributed by atoms with Crippen LogP contribution in [-0.2, 0) is 0 Å². The van der Waals surface area contributed by atoms with Crippen LogP contribution in [0.3, 0.4) is 0 Å². The molecular weight excluding hydrogens is 224 g/mol. The Labute approximate surface area is 109 Å². The second-order valence-corrected chi connectivity index (χ2v) is 4.21. The smallest absolute Gasteiger partial charge is 0.153 e. The summed E-state index contributed by atoms with van der Waals surface area (Å²) in [7, 11) is 1.95. The van der Waals surface area contributed by atoms with Crippen molar-refractivity contribution in [2.75, 3.05) is 12.8 Å². The standard InChI is InChI=1S/C14H20N4/c1-5-10-18(4)14(11(2)3)17-16-13-8-6-12(15)7-9-13/h5-10H,15H2,1-4H3/b10-5-,17-16?. The van der Waals surface area contributed by atoms with Crippen LogP contribution in [0.5, 0.6) is 0 Å². The largest absolute Gasteiger partial charge is 0.399 e. The number of benzene rings is 1. The third-order valence-electron chi connectivity index (χ3n) is 2.31. The normalized spacial score (nSPS) is 11.1. The number of allylic oxidation sites excluding steroid dienone is 2. The lowest BCUT2D eigenvalue weighted by molar-refractivity contribution is 0.544. The molecule has 0 radical (unpaired) electrons. The Bertz CT molecular complexity index is 465. The molecule has 0 heterocycles. The van der Waals surface area contributed by atoms with Gasteiger partial charge in [0, 0.05) is 18.9 Å². The maximum atomic E-state index is 5.62. The van der Waals surface area contributed by atoms with Crippen LogP contribution in [0.15, 0.2) is 58.2 Å². The number of anilines is 1. The van der Waals surface area contributed by atoms with E-state index in [4.69, 9.17) is 5.73 Å². The minimum absolute atomic E-state index is 0.724. The van der Waals surface area contributed by atoms with Crippen LogP contribution in [0.25, 0.3) is 0 Å². The zero-order valence-electron chi connectivity index (χ0n) is 11.4. The Morgan fingerprint density at radius 2 is 1.83 bits per heavy atom. The van der Waals surface area contributed by atoms with Gasteiger partial charge in [-0.1, -0.05) is 6.08 Å². The van der Waals surface area contributed by atoms with E-state index in [9.17, 15) is 0 Å². The Kier molecular flexibility index (Phi) is 5.11. The van der Waals surface area contributed by atoms with Crippen molar-refractivity contribution in [2.45, 2.75) is 20.8 Å². The highest BCUT2D eigenvalue weighted by Crippen LogP contribution is 2.18. The first-order valence-electron chi connectivity index (χ1n) is 5.85. The molecule has 2 N–H and O–H groups in total. The molecule has 0 bridgehead atoms. The third-order valence-corrected chi connectivity index (χ3v) is 2.31. The summed E-state index contributed by atoms with van der Waals surface area (Å²) in [5, 5.41) is 8.49. The molecule has 0 spiro atoms. The summed E-state index contributed by atoms with van der Waals surface area (Å²) in [5.74, 6) is 0.838. The molecule has 0 aliphatic rings. The molecule has 18 heavy (non-hydrogen) atoms. The first kappa shape index (κ1) is 14.0. The van der Waals surface area contributed by atoms with Gasteiger partial charge in [-0.3, -0.25) is 0 Å². The van der Waals surface area contributed by atoms with Gasteiger partial charge < -0.3 is 10.6 Å². The van der Waals surface area contributed by atoms with Gasteiger partial charge in [-0.15, -0.1) is 10.2 Å². The summed E-state index contributed by atoms with van der Waals surface area (Å²) in [6.07, 6.45) is 3.91. The van der Waals surface area contributed by atoms with Crippen LogP contribution in [0.2, 0.25) is 0 Å². The maximum Gasteiger partial charge on any atom is 0.153 e. The van der Waals surface area contributed by atoms with Gasteiger partial charge in [-0.05, 0) is 50.6 Å². The van der Waals surface area contributed by atoms with E-state index in [-0.39, 0.29) is 0 Å². The van der Waals surface area contributed by atoms with Crippen LogP contribution in [0.4, 0.5) is 11.4 Å². The van der Waals surface area contributed by atoms with Crippen LogP contribution >= 0.6 is 0 Å². The van der Waals surface area contributed by atoms with E-state index in [2.05, 4.69) is 10.2 Å². The van der Waals surface area contributed by atoms with Crippen molar-refractivity contribution in [1.29, 1.82) is 0 Å². The van der Waals surface area contributed by atoms with Crippen LogP contribution in [0.1, 0.15) is 20.8 Å². The molecule has 0 aliphatic carbocycles. The minimum atomic E-state index is 0.724. The van der Waals surface area contributed by atoms with Gasteiger partial charge in [0.15, 0.2) is 5.82 Å². The van der Waals surface area contributed by atoms with E-state index >= 15 is 0 Å². The average Bonchev–Trinajstić information content (AvgIpc) is 2.31. The average molecular weight is 244 g/mol. The summed E-state index contributed by atoms with van der Waals surface area (Å²) in [5.41, 5.74) is 8.24. The van der Waals surface area contributed by atoms with Gasteiger partial charge >= 0.3 is 0 Å². The molecule has 4 nitrogen and oxygen atoms in total. The van der Waals surface area contributed by atoms with E-state index in [1.54, 1.807) is 0 Å². The van der Waals surface area contributed by atoms with Crippen molar-refractivity contribution in [2.24, 2.45) is 10.2 Å². The monoisotopic (exact) mass is 244 g/mol. The van der Waals surface area contributed by atoms with Crippen LogP contribution in [-0.4, -0.2) is 11.9 Å². The predicted octanol–water partition coefficient (Wildman–Crippen LogP) is 4.07. The van der Waals surface area contributed by atoms with Crippen molar-refractivity contribution in [3.05, 3.63) is 47.9 Å². The van der Waals surface area contributed by atoms with Gasteiger partial charge in [0.2, 0.25) is 0 Å². The molecule has 4 heteroatoms. The number of hydrogen-bond acceptors (Lipinski definition) is 4. The van der Waals surface area contributed by atoms with E-state index in [1.165, 1.54) is 0 Å². The fourth-order valence-corrected chi connectivity index (χ4v) is 1.46. The Morgan fingerprint density at radius 3 is 2.33 bits per heavy atom. The van der Waals surface area contributed by atoms with Gasteiger partial charge in [0.1, 0.15) is 0 Å². The lowest BCUT2D eigenvalue weighted by Crippen LogP contribution is -2.09. The fraction of sp³-hybridized carbons (Fsp3) is 0.286. The number of nitrogen functional groups attached to an aromatic ring is 1. The number of azo groups is 1. The van der Waals surface area contributed by atoms with Crippen LogP contribution in [0, 0.1) is 0 Å². The summed E-state index contributed by atoms with van der Waals surface area (Å²) in [6.45, 7) is 5.99. The number of rotatable bonds is 4. The summed E-state index contributed by atoms with van der Waals surface area (Å²) >= 11 is 0. The molecular formula is C14H20N4. The molecule has 0 saturated heterocycles. The van der Waals surface area contributed by atoms with Crippen molar-refractivity contribution in [1.82, 2.24) is 4.90 Å². The molecule has 1 rings (SSSR count). The molecule has 0 unspecified atom stereocenters. The lowest BCUT2D eigenvalue weighted by atomic mass is 10.3. The van der Waals surface area contributed by atoms with Gasteiger partial charge in [0.25, 0.3) is 0 Å². The highest BCUT2D eigenvalue weighted by atomic mass is 15.3. The molecule has 0 saturated carbocycles. The minimum Gasteiger partial charge on any atom is -0.399 e. The predicted molar refractivity (Wildman–Crippen MR) is 76.3 cm³/mol. The Balaban J connectivity index is 2.92. The molecule has 1 aromatic rings. The second-order valence-electron chi connectivity index (χ2n) is 4.21. The molecule has 0 atom stereocenters. The first-order valence-corrected chi connectivity index (χ1v) is 5.85. The quantitative estimate of drug-likeness (QED) is 0.641. The topological polar surface area (TPSA) is 54.0 Å². The molecule has 96 valence electrons. The fourth-order valence-electron chi connectivity index (χ4n) is 1.46. The summed E-state index contributed by atoms with van der Waals surface area (Å²) in [4.78, 5) is 1.94. The highest BCUT2D eigenvalue weighted by molar-refractivity contribution is 5.47. The molecule has 1 aromatic carbocycles. The summed E-state index contributed by atoms with van der Waals surface area (Å²) in [6, 6.07) is 7.31. The molecule has 0 aliphatic heterocycles. The SMILES string of the molecule is C/C=C\N(C)C(N=Nc1ccc(N)cc1)=C(C)C. The van der Waals surface area contributed by atoms with E-state index in [0.29, 0.717) is 0 Å². The Morgan fingerprint density at radius 1 is 1.22 bits per heavy atom. The number of nitrogens with zero attached hydrogens (tertiary/aromatic N) is 3. The highest BCUT2D eigenvalue weighted by Gasteiger charge is 2.02. The molecule has 0 aromatic heterocycles. The summed E-state index contributed by atoms with van der Waals surface area (Å²) < 4.78 is 0.